The average molecular weight is 276 g/mol. The molecular formula is C8H15Cl2NO3S. The van der Waals surface area contributed by atoms with Gasteiger partial charge < -0.3 is 5.32 Å². The molecule has 4 nitrogen and oxygen atoms in total. The Morgan fingerprint density at radius 3 is 2.07 bits per heavy atom. The van der Waals surface area contributed by atoms with Crippen molar-refractivity contribution in [2.24, 2.45) is 0 Å². The Morgan fingerprint density at radius 2 is 1.80 bits per heavy atom. The summed E-state index contributed by atoms with van der Waals surface area (Å²) in [5, 5.41) is 2.55. The standard InChI is InChI=1S/C8H15Cl2NO3S/c1-3-8(5-9,6-10)11-7(12)4-15(2,13)14/h3-6H2,1-2H3,(H,11,12). The molecular weight excluding hydrogens is 261 g/mol. The van der Waals surface area contributed by atoms with Crippen LogP contribution < -0.4 is 5.32 Å². The SMILES string of the molecule is CCC(CCl)(CCl)NC(=O)CS(C)(=O)=O. The minimum atomic E-state index is -3.32. The Hall–Kier alpha value is -0.000000000000000111. The summed E-state index contributed by atoms with van der Waals surface area (Å²) < 4.78 is 21.7. The topological polar surface area (TPSA) is 63.2 Å². The van der Waals surface area contributed by atoms with E-state index in [2.05, 4.69) is 5.32 Å². The van der Waals surface area contributed by atoms with E-state index in [0.29, 0.717) is 6.42 Å². The first-order valence-corrected chi connectivity index (χ1v) is 7.52. The molecule has 0 saturated carbocycles. The molecule has 0 unspecified atom stereocenters. The van der Waals surface area contributed by atoms with Crippen LogP contribution in [0, 0.1) is 0 Å². The molecule has 0 aromatic rings. The van der Waals surface area contributed by atoms with Gasteiger partial charge in [-0.25, -0.2) is 8.42 Å². The van der Waals surface area contributed by atoms with Gasteiger partial charge in [-0.2, -0.15) is 0 Å². The first kappa shape index (κ1) is 15.0. The van der Waals surface area contributed by atoms with Gasteiger partial charge in [0.05, 0.1) is 5.54 Å². The van der Waals surface area contributed by atoms with Gasteiger partial charge in [0.1, 0.15) is 5.75 Å². The van der Waals surface area contributed by atoms with Gasteiger partial charge in [0, 0.05) is 18.0 Å². The minimum absolute atomic E-state index is 0.155. The molecule has 0 spiro atoms. The van der Waals surface area contributed by atoms with Crippen molar-refractivity contribution in [3.8, 4) is 0 Å². The number of carbonyl (C=O) groups excluding carboxylic acids is 1. The largest absolute Gasteiger partial charge is 0.347 e. The Labute approximate surface area is 100 Å². The molecule has 0 saturated heterocycles. The fourth-order valence-electron chi connectivity index (χ4n) is 0.950. The summed E-state index contributed by atoms with van der Waals surface area (Å²) in [6, 6.07) is 0. The molecule has 0 bridgehead atoms. The van der Waals surface area contributed by atoms with Crippen molar-refractivity contribution >= 4 is 38.9 Å². The second-order valence-electron chi connectivity index (χ2n) is 3.52. The second kappa shape index (κ2) is 5.92. The van der Waals surface area contributed by atoms with Crippen LogP contribution in [0.3, 0.4) is 0 Å². The fraction of sp³-hybridized carbons (Fsp3) is 0.875. The summed E-state index contributed by atoms with van der Waals surface area (Å²) in [5.41, 5.74) is -0.717. The number of hydrogen-bond donors (Lipinski definition) is 1. The molecule has 1 amide bonds. The highest BCUT2D eigenvalue weighted by atomic mass is 35.5. The van der Waals surface area contributed by atoms with E-state index in [1.807, 2.05) is 6.92 Å². The molecule has 0 heterocycles. The lowest BCUT2D eigenvalue weighted by Crippen LogP contribution is -2.52. The Balaban J connectivity index is 4.50. The maximum Gasteiger partial charge on any atom is 0.235 e. The highest BCUT2D eigenvalue weighted by Gasteiger charge is 2.29. The molecule has 0 aromatic heterocycles. The maximum absolute atomic E-state index is 11.3. The van der Waals surface area contributed by atoms with Crippen molar-refractivity contribution in [3.05, 3.63) is 0 Å². The molecule has 0 radical (unpaired) electrons. The highest BCUT2D eigenvalue weighted by molar-refractivity contribution is 7.91. The van der Waals surface area contributed by atoms with Crippen molar-refractivity contribution in [1.29, 1.82) is 0 Å². The number of sulfone groups is 1. The second-order valence-corrected chi connectivity index (χ2v) is 6.19. The summed E-state index contributed by atoms with van der Waals surface area (Å²) >= 11 is 11.4. The van der Waals surface area contributed by atoms with Crippen LogP contribution in [0.1, 0.15) is 13.3 Å². The van der Waals surface area contributed by atoms with Crippen LogP contribution in [0.15, 0.2) is 0 Å². The first-order valence-electron chi connectivity index (χ1n) is 4.39. The number of nitrogens with one attached hydrogen (secondary N) is 1. The van der Waals surface area contributed by atoms with Crippen molar-refractivity contribution in [3.63, 3.8) is 0 Å². The lowest BCUT2D eigenvalue weighted by molar-refractivity contribution is -0.120. The van der Waals surface area contributed by atoms with Gasteiger partial charge in [-0.05, 0) is 6.42 Å². The third-order valence-corrected chi connectivity index (χ3v) is 3.80. The Morgan fingerprint density at radius 1 is 1.33 bits per heavy atom. The van der Waals surface area contributed by atoms with E-state index >= 15 is 0 Å². The van der Waals surface area contributed by atoms with Crippen LogP contribution in [-0.4, -0.2) is 43.6 Å². The monoisotopic (exact) mass is 275 g/mol. The van der Waals surface area contributed by atoms with Crippen molar-refractivity contribution in [2.75, 3.05) is 23.8 Å². The van der Waals surface area contributed by atoms with Crippen LogP contribution >= 0.6 is 23.2 Å². The van der Waals surface area contributed by atoms with E-state index in [1.165, 1.54) is 0 Å². The Bertz CT molecular complexity index is 304. The molecule has 0 fully saturated rings. The lowest BCUT2D eigenvalue weighted by Gasteiger charge is -2.29. The van der Waals surface area contributed by atoms with Gasteiger partial charge in [0.25, 0.3) is 0 Å². The van der Waals surface area contributed by atoms with Gasteiger partial charge >= 0.3 is 0 Å². The highest BCUT2D eigenvalue weighted by Crippen LogP contribution is 2.14. The summed E-state index contributed by atoms with van der Waals surface area (Å²) in [6.45, 7) is 1.82. The van der Waals surface area contributed by atoms with Gasteiger partial charge in [-0.15, -0.1) is 23.2 Å². The van der Waals surface area contributed by atoms with Crippen LogP contribution in [0.25, 0.3) is 0 Å². The maximum atomic E-state index is 11.3. The quantitative estimate of drug-likeness (QED) is 0.729. The lowest BCUT2D eigenvalue weighted by atomic mass is 10.0. The molecule has 15 heavy (non-hydrogen) atoms. The molecule has 0 aliphatic heterocycles. The molecule has 0 rings (SSSR count). The zero-order valence-electron chi connectivity index (χ0n) is 8.72. The first-order chi connectivity index (χ1) is 6.78. The summed E-state index contributed by atoms with van der Waals surface area (Å²) in [4.78, 5) is 11.3. The van der Waals surface area contributed by atoms with E-state index in [4.69, 9.17) is 23.2 Å². The fourth-order valence-corrected chi connectivity index (χ4v) is 2.30. The molecule has 7 heteroatoms. The molecule has 0 atom stereocenters. The minimum Gasteiger partial charge on any atom is -0.347 e. The normalized spacial score (nSPS) is 12.5. The van der Waals surface area contributed by atoms with E-state index in [1.54, 1.807) is 0 Å². The van der Waals surface area contributed by atoms with Gasteiger partial charge in [0.2, 0.25) is 5.91 Å². The smallest absolute Gasteiger partial charge is 0.235 e. The number of hydrogen-bond acceptors (Lipinski definition) is 3. The third kappa shape index (κ3) is 5.58. The number of halogens is 2. The van der Waals surface area contributed by atoms with Crippen LogP contribution in [-0.2, 0) is 14.6 Å². The van der Waals surface area contributed by atoms with E-state index in [-0.39, 0.29) is 11.8 Å². The number of alkyl halides is 2. The van der Waals surface area contributed by atoms with Gasteiger partial charge in [-0.3, -0.25) is 4.79 Å². The Kier molecular flexibility index (Phi) is 5.92. The van der Waals surface area contributed by atoms with Crippen LogP contribution in [0.2, 0.25) is 0 Å². The molecule has 0 aromatic carbocycles. The molecule has 90 valence electrons. The average Bonchev–Trinajstić information content (AvgIpc) is 2.11. The summed E-state index contributed by atoms with van der Waals surface area (Å²) in [6.07, 6.45) is 1.55. The number of rotatable bonds is 6. The van der Waals surface area contributed by atoms with Crippen molar-refractivity contribution < 1.29 is 13.2 Å². The molecule has 1 N–H and O–H groups in total. The van der Waals surface area contributed by atoms with E-state index in [9.17, 15) is 13.2 Å². The zero-order chi connectivity index (χ0) is 12.1. The van der Waals surface area contributed by atoms with Crippen molar-refractivity contribution in [2.45, 2.75) is 18.9 Å². The summed E-state index contributed by atoms with van der Waals surface area (Å²) in [7, 11) is -3.32. The van der Waals surface area contributed by atoms with E-state index < -0.39 is 27.0 Å². The van der Waals surface area contributed by atoms with E-state index in [0.717, 1.165) is 6.26 Å². The molecule has 0 aliphatic carbocycles. The number of carbonyl (C=O) groups is 1. The molecule has 0 aliphatic rings. The number of amides is 1. The van der Waals surface area contributed by atoms with Crippen LogP contribution in [0.4, 0.5) is 0 Å². The predicted octanol–water partition coefficient (Wildman–Crippen LogP) is 0.774. The van der Waals surface area contributed by atoms with Crippen molar-refractivity contribution in [1.82, 2.24) is 5.32 Å². The zero-order valence-corrected chi connectivity index (χ0v) is 11.0. The summed E-state index contributed by atoms with van der Waals surface area (Å²) in [5.74, 6) is -0.797. The van der Waals surface area contributed by atoms with Gasteiger partial charge in [-0.1, -0.05) is 6.92 Å². The van der Waals surface area contributed by atoms with Gasteiger partial charge in [0.15, 0.2) is 9.84 Å². The third-order valence-electron chi connectivity index (χ3n) is 1.99. The van der Waals surface area contributed by atoms with Crippen LogP contribution in [0.5, 0.6) is 0 Å². The predicted molar refractivity (Wildman–Crippen MR) is 62.3 cm³/mol.